The number of hydrogen-bond donors (Lipinski definition) is 0. The highest BCUT2D eigenvalue weighted by atomic mass is 15.1. The fourth-order valence-electron chi connectivity index (χ4n) is 0.835. The highest BCUT2D eigenvalue weighted by Gasteiger charge is 2.17. The average molecular weight is 129 g/mol. The predicted octanol–water partition coefficient (Wildman–Crippen LogP) is 2.13. The van der Waals surface area contributed by atoms with Crippen molar-refractivity contribution in [1.29, 1.82) is 0 Å². The molecule has 0 aromatic heterocycles. The van der Waals surface area contributed by atoms with Crippen LogP contribution in [0.15, 0.2) is 0 Å². The first-order chi connectivity index (χ1) is 4.00. The normalized spacial score (nSPS) is 12.7. The van der Waals surface area contributed by atoms with Crippen molar-refractivity contribution >= 4 is 0 Å². The quantitative estimate of drug-likeness (QED) is 0.564. The number of hydrogen-bond acceptors (Lipinski definition) is 1. The Morgan fingerprint density at radius 1 is 1.22 bits per heavy atom. The Balaban J connectivity index is 3.70. The van der Waals surface area contributed by atoms with Crippen LogP contribution in [-0.2, 0) is 0 Å². The van der Waals surface area contributed by atoms with Gasteiger partial charge in [-0.25, -0.2) is 0 Å². The Hall–Kier alpha value is -0.0400. The molecule has 0 heterocycles. The molecule has 56 valence electrons. The second kappa shape index (κ2) is 3.21. The van der Waals surface area contributed by atoms with Crippen molar-refractivity contribution in [1.82, 2.24) is 4.90 Å². The van der Waals surface area contributed by atoms with Gasteiger partial charge in [0.2, 0.25) is 0 Å². The summed E-state index contributed by atoms with van der Waals surface area (Å²) in [5.74, 6) is 0. The van der Waals surface area contributed by atoms with Gasteiger partial charge in [0.05, 0.1) is 0 Å². The van der Waals surface area contributed by atoms with E-state index in [1.807, 2.05) is 0 Å². The van der Waals surface area contributed by atoms with E-state index in [9.17, 15) is 0 Å². The zero-order chi connectivity index (χ0) is 7.49. The summed E-state index contributed by atoms with van der Waals surface area (Å²) >= 11 is 0. The van der Waals surface area contributed by atoms with Crippen LogP contribution in [0.3, 0.4) is 0 Å². The minimum Gasteiger partial charge on any atom is -0.304 e. The van der Waals surface area contributed by atoms with Gasteiger partial charge in [-0.3, -0.25) is 0 Å². The molecule has 0 bridgehead atoms. The zero-order valence-electron chi connectivity index (χ0n) is 7.36. The van der Waals surface area contributed by atoms with E-state index >= 15 is 0 Å². The largest absolute Gasteiger partial charge is 0.304 e. The van der Waals surface area contributed by atoms with Crippen LogP contribution in [0.2, 0.25) is 0 Å². The average Bonchev–Trinajstić information content (AvgIpc) is 1.65. The van der Waals surface area contributed by atoms with Crippen molar-refractivity contribution in [2.75, 3.05) is 14.1 Å². The standard InChI is InChI=1S/C8H19N/c1-6-7-8(2,3)9(4)5/h6-7H2,1-5H3. The Labute approximate surface area is 59.1 Å². The summed E-state index contributed by atoms with van der Waals surface area (Å²) in [7, 11) is 4.27. The molecule has 0 saturated heterocycles. The van der Waals surface area contributed by atoms with Crippen LogP contribution in [-0.4, -0.2) is 24.5 Å². The van der Waals surface area contributed by atoms with Gasteiger partial charge in [0.1, 0.15) is 0 Å². The maximum Gasteiger partial charge on any atom is 0.0147 e. The Morgan fingerprint density at radius 2 is 1.67 bits per heavy atom. The first kappa shape index (κ1) is 8.96. The Morgan fingerprint density at radius 3 is 1.78 bits per heavy atom. The minimum absolute atomic E-state index is 0.384. The molecule has 0 aliphatic rings. The summed E-state index contributed by atoms with van der Waals surface area (Å²) in [6.45, 7) is 6.78. The molecule has 0 spiro atoms. The van der Waals surface area contributed by atoms with E-state index in [1.165, 1.54) is 12.8 Å². The second-order valence-corrected chi connectivity index (χ2v) is 3.46. The van der Waals surface area contributed by atoms with Crippen molar-refractivity contribution in [3.8, 4) is 0 Å². The van der Waals surface area contributed by atoms with Gasteiger partial charge in [-0.05, 0) is 34.4 Å². The molecule has 0 aromatic rings. The van der Waals surface area contributed by atoms with Gasteiger partial charge < -0.3 is 4.90 Å². The molecule has 0 radical (unpaired) electrons. The van der Waals surface area contributed by atoms with E-state index in [0.29, 0.717) is 5.54 Å². The summed E-state index contributed by atoms with van der Waals surface area (Å²) in [4.78, 5) is 2.27. The molecule has 0 rings (SSSR count). The highest BCUT2D eigenvalue weighted by molar-refractivity contribution is 4.75. The van der Waals surface area contributed by atoms with E-state index in [0.717, 1.165) is 0 Å². The molecule has 0 amide bonds. The molecule has 0 N–H and O–H groups in total. The molecule has 1 heteroatoms. The molecule has 0 atom stereocenters. The summed E-state index contributed by atoms with van der Waals surface area (Å²) < 4.78 is 0. The van der Waals surface area contributed by atoms with Gasteiger partial charge in [-0.15, -0.1) is 0 Å². The fourth-order valence-corrected chi connectivity index (χ4v) is 0.835. The molecule has 0 fully saturated rings. The van der Waals surface area contributed by atoms with Gasteiger partial charge in [0.15, 0.2) is 0 Å². The molecular weight excluding hydrogens is 110 g/mol. The van der Waals surface area contributed by atoms with E-state index in [4.69, 9.17) is 0 Å². The number of nitrogens with zero attached hydrogens (tertiary/aromatic N) is 1. The topological polar surface area (TPSA) is 3.24 Å². The fraction of sp³-hybridized carbons (Fsp3) is 1.00. The molecular formula is C8H19N. The third kappa shape index (κ3) is 2.85. The van der Waals surface area contributed by atoms with Gasteiger partial charge in [-0.1, -0.05) is 13.3 Å². The zero-order valence-corrected chi connectivity index (χ0v) is 7.36. The predicted molar refractivity (Wildman–Crippen MR) is 42.7 cm³/mol. The van der Waals surface area contributed by atoms with Gasteiger partial charge in [0, 0.05) is 5.54 Å². The first-order valence-electron chi connectivity index (χ1n) is 3.68. The summed E-state index contributed by atoms with van der Waals surface area (Å²) in [5.41, 5.74) is 0.384. The lowest BCUT2D eigenvalue weighted by atomic mass is 9.98. The highest BCUT2D eigenvalue weighted by Crippen LogP contribution is 2.16. The lowest BCUT2D eigenvalue weighted by Gasteiger charge is -2.32. The van der Waals surface area contributed by atoms with Crippen molar-refractivity contribution in [3.63, 3.8) is 0 Å². The Bertz CT molecular complexity index is 74.6. The molecule has 0 aliphatic carbocycles. The summed E-state index contributed by atoms with van der Waals surface area (Å²) in [6.07, 6.45) is 2.55. The van der Waals surface area contributed by atoms with Crippen LogP contribution in [0.1, 0.15) is 33.6 Å². The molecule has 9 heavy (non-hydrogen) atoms. The van der Waals surface area contributed by atoms with Crippen LogP contribution >= 0.6 is 0 Å². The van der Waals surface area contributed by atoms with E-state index in [1.54, 1.807) is 0 Å². The van der Waals surface area contributed by atoms with Gasteiger partial charge >= 0.3 is 0 Å². The molecule has 1 nitrogen and oxygen atoms in total. The smallest absolute Gasteiger partial charge is 0.0147 e. The van der Waals surface area contributed by atoms with E-state index in [2.05, 4.69) is 39.8 Å². The lowest BCUT2D eigenvalue weighted by molar-refractivity contribution is 0.181. The monoisotopic (exact) mass is 129 g/mol. The van der Waals surface area contributed by atoms with E-state index < -0.39 is 0 Å². The number of rotatable bonds is 3. The Kier molecular flexibility index (Phi) is 3.20. The van der Waals surface area contributed by atoms with Crippen LogP contribution in [0.5, 0.6) is 0 Å². The van der Waals surface area contributed by atoms with Crippen LogP contribution in [0, 0.1) is 0 Å². The van der Waals surface area contributed by atoms with Crippen LogP contribution in [0.25, 0.3) is 0 Å². The molecule has 0 aromatic carbocycles. The van der Waals surface area contributed by atoms with Gasteiger partial charge in [-0.2, -0.15) is 0 Å². The minimum atomic E-state index is 0.384. The van der Waals surface area contributed by atoms with Crippen LogP contribution < -0.4 is 0 Å². The van der Waals surface area contributed by atoms with Crippen molar-refractivity contribution in [2.45, 2.75) is 39.2 Å². The third-order valence-electron chi connectivity index (χ3n) is 2.07. The maximum atomic E-state index is 2.27. The van der Waals surface area contributed by atoms with Crippen molar-refractivity contribution in [3.05, 3.63) is 0 Å². The van der Waals surface area contributed by atoms with E-state index in [-0.39, 0.29) is 0 Å². The maximum absolute atomic E-state index is 2.27. The van der Waals surface area contributed by atoms with Crippen molar-refractivity contribution < 1.29 is 0 Å². The van der Waals surface area contributed by atoms with Crippen molar-refractivity contribution in [2.24, 2.45) is 0 Å². The SMILES string of the molecule is CCCC(C)(C)N(C)C. The van der Waals surface area contributed by atoms with Gasteiger partial charge in [0.25, 0.3) is 0 Å². The molecule has 0 saturated carbocycles. The summed E-state index contributed by atoms with van der Waals surface area (Å²) in [6, 6.07) is 0. The first-order valence-corrected chi connectivity index (χ1v) is 3.68. The van der Waals surface area contributed by atoms with Crippen LogP contribution in [0.4, 0.5) is 0 Å². The summed E-state index contributed by atoms with van der Waals surface area (Å²) in [5, 5.41) is 0. The third-order valence-corrected chi connectivity index (χ3v) is 2.07. The lowest BCUT2D eigenvalue weighted by Crippen LogP contribution is -2.37. The molecule has 0 aliphatic heterocycles. The molecule has 0 unspecified atom stereocenters. The second-order valence-electron chi connectivity index (χ2n) is 3.46.